The molecule has 0 saturated carbocycles. The summed E-state index contributed by atoms with van der Waals surface area (Å²) in [5.74, 6) is 0.769. The molecule has 8 nitrogen and oxygen atoms in total. The number of rotatable bonds is 6. The summed E-state index contributed by atoms with van der Waals surface area (Å²) in [7, 11) is 1.73. The van der Waals surface area contributed by atoms with Crippen LogP contribution < -0.4 is 10.9 Å². The number of carbonyl (C=O) groups is 1. The van der Waals surface area contributed by atoms with E-state index < -0.39 is 11.5 Å². The highest BCUT2D eigenvalue weighted by Gasteiger charge is 2.18. The molecule has 2 N–H and O–H groups in total. The number of benzene rings is 1. The number of aryl methyl sites for hydroxylation is 1. The molecule has 2 aromatic heterocycles. The second-order valence-corrected chi connectivity index (χ2v) is 6.61. The van der Waals surface area contributed by atoms with Crippen molar-refractivity contribution in [3.05, 3.63) is 70.2 Å². The van der Waals surface area contributed by atoms with E-state index in [1.807, 2.05) is 30.3 Å². The molecule has 0 bridgehead atoms. The van der Waals surface area contributed by atoms with Gasteiger partial charge < -0.3 is 10.3 Å². The first-order valence-electron chi connectivity index (χ1n) is 7.95. The average molecular weight is 370 g/mol. The summed E-state index contributed by atoms with van der Waals surface area (Å²) in [6.07, 6.45) is 2.70. The number of nitrogens with one attached hydrogen (secondary N) is 2. The van der Waals surface area contributed by atoms with Gasteiger partial charge in [-0.1, -0.05) is 42.1 Å². The molecule has 0 aliphatic carbocycles. The second kappa shape index (κ2) is 7.96. The lowest BCUT2D eigenvalue weighted by Crippen LogP contribution is -2.33. The molecule has 3 rings (SSSR count). The molecule has 3 aromatic rings. The van der Waals surface area contributed by atoms with Crippen molar-refractivity contribution >= 4 is 17.7 Å². The molecule has 2 heterocycles. The first-order chi connectivity index (χ1) is 12.5. The topological polar surface area (TPSA) is 106 Å². The molecule has 1 amide bonds. The van der Waals surface area contributed by atoms with Gasteiger partial charge in [0.1, 0.15) is 17.7 Å². The Hall–Kier alpha value is -2.94. The third kappa shape index (κ3) is 4.17. The third-order valence-electron chi connectivity index (χ3n) is 3.72. The summed E-state index contributed by atoms with van der Waals surface area (Å²) in [4.78, 5) is 35.5. The van der Waals surface area contributed by atoms with Crippen LogP contribution >= 0.6 is 11.8 Å². The van der Waals surface area contributed by atoms with E-state index in [9.17, 15) is 9.59 Å². The van der Waals surface area contributed by atoms with E-state index in [4.69, 9.17) is 0 Å². The summed E-state index contributed by atoms with van der Waals surface area (Å²) in [6.45, 7) is 1.77. The normalized spacial score (nSPS) is 11.9. The van der Waals surface area contributed by atoms with Gasteiger partial charge in [0.05, 0.1) is 6.04 Å². The molecule has 0 fully saturated rings. The first-order valence-corrected chi connectivity index (χ1v) is 8.94. The number of hydrogen-bond donors (Lipinski definition) is 2. The van der Waals surface area contributed by atoms with Crippen LogP contribution in [0.2, 0.25) is 0 Å². The van der Waals surface area contributed by atoms with Crippen molar-refractivity contribution in [1.29, 1.82) is 0 Å². The Kier molecular flexibility index (Phi) is 5.47. The van der Waals surface area contributed by atoms with Gasteiger partial charge >= 0.3 is 0 Å². The highest BCUT2D eigenvalue weighted by molar-refractivity contribution is 7.98. The summed E-state index contributed by atoms with van der Waals surface area (Å²) >= 11 is 1.40. The lowest BCUT2D eigenvalue weighted by Gasteiger charge is -2.12. The lowest BCUT2D eigenvalue weighted by atomic mass is 10.2. The lowest BCUT2D eigenvalue weighted by molar-refractivity contribution is 0.0935. The number of hydrogen-bond acceptors (Lipinski definition) is 6. The Morgan fingerprint density at radius 3 is 2.73 bits per heavy atom. The van der Waals surface area contributed by atoms with Crippen molar-refractivity contribution in [2.45, 2.75) is 23.9 Å². The maximum absolute atomic E-state index is 12.3. The van der Waals surface area contributed by atoms with E-state index in [-0.39, 0.29) is 11.6 Å². The van der Waals surface area contributed by atoms with Crippen molar-refractivity contribution in [1.82, 2.24) is 30.0 Å². The van der Waals surface area contributed by atoms with Gasteiger partial charge in [-0.2, -0.15) is 5.10 Å². The quantitative estimate of drug-likeness (QED) is 0.505. The zero-order chi connectivity index (χ0) is 18.5. The van der Waals surface area contributed by atoms with Crippen LogP contribution in [-0.2, 0) is 12.8 Å². The number of nitrogens with zero attached hydrogens (tertiary/aromatic N) is 4. The van der Waals surface area contributed by atoms with Crippen LogP contribution in [0.25, 0.3) is 0 Å². The van der Waals surface area contributed by atoms with Crippen molar-refractivity contribution in [3.63, 3.8) is 0 Å². The Morgan fingerprint density at radius 2 is 2.08 bits per heavy atom. The maximum atomic E-state index is 12.3. The van der Waals surface area contributed by atoms with Gasteiger partial charge in [0.2, 0.25) is 0 Å². The second-order valence-electron chi connectivity index (χ2n) is 5.64. The van der Waals surface area contributed by atoms with Gasteiger partial charge in [0, 0.05) is 19.0 Å². The van der Waals surface area contributed by atoms with Gasteiger partial charge in [-0.05, 0) is 12.5 Å². The Labute approximate surface area is 154 Å². The molecule has 1 atom stereocenters. The number of aromatic nitrogens is 5. The van der Waals surface area contributed by atoms with E-state index in [1.54, 1.807) is 18.7 Å². The summed E-state index contributed by atoms with van der Waals surface area (Å²) < 4.78 is 1.57. The molecular weight excluding hydrogens is 352 g/mol. The monoisotopic (exact) mass is 370 g/mol. The van der Waals surface area contributed by atoms with Gasteiger partial charge in [-0.25, -0.2) is 9.97 Å². The van der Waals surface area contributed by atoms with Crippen molar-refractivity contribution < 1.29 is 4.79 Å². The molecule has 26 heavy (non-hydrogen) atoms. The average Bonchev–Trinajstić information content (AvgIpc) is 3.07. The molecule has 0 aliphatic heterocycles. The summed E-state index contributed by atoms with van der Waals surface area (Å²) in [6, 6.07) is 9.47. The van der Waals surface area contributed by atoms with Crippen molar-refractivity contribution in [2.24, 2.45) is 7.05 Å². The van der Waals surface area contributed by atoms with Crippen LogP contribution in [0.5, 0.6) is 0 Å². The SMILES string of the molecule is C[C@@H](NC(=O)c1cnc(SCc2ccccc2)[nH]c1=O)c1ncnn1C. The number of H-pyrrole nitrogens is 1. The minimum Gasteiger partial charge on any atom is -0.342 e. The van der Waals surface area contributed by atoms with Gasteiger partial charge in [0.15, 0.2) is 5.16 Å². The molecule has 0 spiro atoms. The van der Waals surface area contributed by atoms with Crippen LogP contribution in [-0.4, -0.2) is 30.6 Å². The van der Waals surface area contributed by atoms with E-state index in [1.165, 1.54) is 24.3 Å². The molecule has 134 valence electrons. The van der Waals surface area contributed by atoms with E-state index in [2.05, 4.69) is 25.4 Å². The fraction of sp³-hybridized carbons (Fsp3) is 0.235. The molecule has 0 unspecified atom stereocenters. The zero-order valence-corrected chi connectivity index (χ0v) is 15.2. The standard InChI is InChI=1S/C17H18N6O2S/c1-11(14-19-10-20-23(14)2)21-15(24)13-8-18-17(22-16(13)25)26-9-12-6-4-3-5-7-12/h3-8,10-11H,9H2,1-2H3,(H,21,24)(H,18,22,25)/t11-/m1/s1. The predicted octanol–water partition coefficient (Wildman–Crippen LogP) is 1.68. The maximum Gasteiger partial charge on any atom is 0.264 e. The summed E-state index contributed by atoms with van der Waals surface area (Å²) in [5, 5.41) is 7.16. The number of amides is 1. The number of thioether (sulfide) groups is 1. The molecule has 0 radical (unpaired) electrons. The Morgan fingerprint density at radius 1 is 1.31 bits per heavy atom. The largest absolute Gasteiger partial charge is 0.342 e. The number of aromatic amines is 1. The minimum atomic E-state index is -0.506. The molecule has 1 aromatic carbocycles. The Bertz CT molecular complexity index is 953. The van der Waals surface area contributed by atoms with Crippen LogP contribution in [0.15, 0.2) is 52.8 Å². The minimum absolute atomic E-state index is 0.0388. The third-order valence-corrected chi connectivity index (χ3v) is 4.68. The fourth-order valence-electron chi connectivity index (χ4n) is 2.38. The highest BCUT2D eigenvalue weighted by Crippen LogP contribution is 2.17. The van der Waals surface area contributed by atoms with Gasteiger partial charge in [0.25, 0.3) is 11.5 Å². The van der Waals surface area contributed by atoms with Gasteiger partial charge in [-0.3, -0.25) is 14.3 Å². The van der Waals surface area contributed by atoms with E-state index in [0.717, 1.165) is 5.56 Å². The van der Waals surface area contributed by atoms with Crippen LogP contribution in [0.1, 0.15) is 34.7 Å². The van der Waals surface area contributed by atoms with Crippen molar-refractivity contribution in [2.75, 3.05) is 0 Å². The van der Waals surface area contributed by atoms with Crippen molar-refractivity contribution in [3.8, 4) is 0 Å². The molecule has 0 aliphatic rings. The molecular formula is C17H18N6O2S. The molecule has 0 saturated heterocycles. The smallest absolute Gasteiger partial charge is 0.264 e. The highest BCUT2D eigenvalue weighted by atomic mass is 32.2. The zero-order valence-electron chi connectivity index (χ0n) is 14.3. The number of carbonyl (C=O) groups excluding carboxylic acids is 1. The van der Waals surface area contributed by atoms with Gasteiger partial charge in [-0.15, -0.1) is 0 Å². The summed E-state index contributed by atoms with van der Waals surface area (Å²) in [5.41, 5.74) is 0.612. The van der Waals surface area contributed by atoms with Crippen LogP contribution in [0, 0.1) is 0 Å². The van der Waals surface area contributed by atoms with Crippen LogP contribution in [0.4, 0.5) is 0 Å². The fourth-order valence-corrected chi connectivity index (χ4v) is 3.16. The molecule has 9 heteroatoms. The first kappa shape index (κ1) is 17.9. The van der Waals surface area contributed by atoms with E-state index >= 15 is 0 Å². The van der Waals surface area contributed by atoms with Crippen LogP contribution in [0.3, 0.4) is 0 Å². The Balaban J connectivity index is 1.66. The predicted molar refractivity (Wildman–Crippen MR) is 97.7 cm³/mol. The van der Waals surface area contributed by atoms with E-state index in [0.29, 0.717) is 16.7 Å².